The van der Waals surface area contributed by atoms with Gasteiger partial charge in [-0.2, -0.15) is 0 Å². The third kappa shape index (κ3) is 6.57. The maximum absolute atomic E-state index is 10.1. The van der Waals surface area contributed by atoms with Crippen molar-refractivity contribution in [3.63, 3.8) is 0 Å². The van der Waals surface area contributed by atoms with Crippen LogP contribution in [-0.2, 0) is 28.4 Å². The van der Waals surface area contributed by atoms with Crippen molar-refractivity contribution in [3.8, 4) is 0 Å². The Hall–Kier alpha value is -0.360. The van der Waals surface area contributed by atoms with Crippen LogP contribution in [0.15, 0.2) is 0 Å². The lowest BCUT2D eigenvalue weighted by Crippen LogP contribution is -2.60. The second kappa shape index (κ2) is 12.1. The quantitative estimate of drug-likeness (QED) is 0.350. The predicted octanol–water partition coefficient (Wildman–Crippen LogP) is -1.90. The lowest BCUT2D eigenvalue weighted by atomic mass is 9.99. The van der Waals surface area contributed by atoms with Crippen LogP contribution in [0.5, 0.6) is 0 Å². The molecule has 1 aliphatic heterocycles. The molecule has 1 aliphatic rings. The summed E-state index contributed by atoms with van der Waals surface area (Å²) in [7, 11) is 2.94. The zero-order valence-corrected chi connectivity index (χ0v) is 13.8. The summed E-state index contributed by atoms with van der Waals surface area (Å²) in [5, 5.41) is 19.3. The summed E-state index contributed by atoms with van der Waals surface area (Å²) in [6, 6.07) is 0. The zero-order valence-electron chi connectivity index (χ0n) is 13.8. The smallest absolute Gasteiger partial charge is 0.187 e. The van der Waals surface area contributed by atoms with Gasteiger partial charge in [0.15, 0.2) is 6.29 Å². The van der Waals surface area contributed by atoms with Crippen LogP contribution in [0.3, 0.4) is 0 Å². The van der Waals surface area contributed by atoms with E-state index in [0.717, 1.165) is 0 Å². The highest BCUT2D eigenvalue weighted by Gasteiger charge is 2.46. The first-order valence-electron chi connectivity index (χ1n) is 7.66. The van der Waals surface area contributed by atoms with Gasteiger partial charge in [0.25, 0.3) is 0 Å². The minimum absolute atomic E-state index is 0.270. The van der Waals surface area contributed by atoms with Gasteiger partial charge in [0.05, 0.1) is 39.6 Å². The average Bonchev–Trinajstić information content (AvgIpc) is 2.57. The van der Waals surface area contributed by atoms with E-state index in [4.69, 9.17) is 34.2 Å². The normalized spacial score (nSPS) is 31.4. The van der Waals surface area contributed by atoms with Gasteiger partial charge >= 0.3 is 0 Å². The molecular weight excluding hydrogens is 310 g/mol. The molecule has 1 heterocycles. The Morgan fingerprint density at radius 1 is 0.957 bits per heavy atom. The van der Waals surface area contributed by atoms with Crippen LogP contribution in [-0.4, -0.2) is 101 Å². The Balaban J connectivity index is 2.32. The number of nitrogens with two attached hydrogens (primary N) is 1. The largest absolute Gasteiger partial charge is 0.394 e. The van der Waals surface area contributed by atoms with Crippen molar-refractivity contribution in [1.82, 2.24) is 0 Å². The molecule has 0 spiro atoms. The van der Waals surface area contributed by atoms with Gasteiger partial charge in [-0.15, -0.1) is 0 Å². The Morgan fingerprint density at radius 2 is 1.57 bits per heavy atom. The van der Waals surface area contributed by atoms with Crippen LogP contribution in [0.4, 0.5) is 0 Å². The monoisotopic (exact) mass is 339 g/mol. The number of rotatable bonds is 12. The van der Waals surface area contributed by atoms with Crippen molar-refractivity contribution < 1.29 is 38.6 Å². The first-order chi connectivity index (χ1) is 11.2. The lowest BCUT2D eigenvalue weighted by Gasteiger charge is -2.42. The maximum Gasteiger partial charge on any atom is 0.187 e. The number of hydrogen-bond acceptors (Lipinski definition) is 9. The molecule has 1 saturated heterocycles. The summed E-state index contributed by atoms with van der Waals surface area (Å²) in [5.74, 6) is 0. The predicted molar refractivity (Wildman–Crippen MR) is 80.0 cm³/mol. The molecule has 5 atom stereocenters. The second-order valence-electron chi connectivity index (χ2n) is 5.00. The van der Waals surface area contributed by atoms with Crippen LogP contribution in [0.25, 0.3) is 0 Å². The molecule has 0 radical (unpaired) electrons. The van der Waals surface area contributed by atoms with Gasteiger partial charge in [-0.05, 0) is 0 Å². The Morgan fingerprint density at radius 3 is 2.13 bits per heavy atom. The summed E-state index contributed by atoms with van der Waals surface area (Å²) in [6.45, 7) is 2.20. The molecule has 0 bridgehead atoms. The topological polar surface area (TPSA) is 122 Å². The molecule has 0 saturated carbocycles. The maximum atomic E-state index is 10.1. The van der Waals surface area contributed by atoms with Crippen LogP contribution in [0, 0.1) is 0 Å². The van der Waals surface area contributed by atoms with Gasteiger partial charge < -0.3 is 44.4 Å². The van der Waals surface area contributed by atoms with Crippen molar-refractivity contribution in [2.45, 2.75) is 30.7 Å². The van der Waals surface area contributed by atoms with E-state index in [1.165, 1.54) is 14.2 Å². The van der Waals surface area contributed by atoms with Crippen molar-refractivity contribution in [3.05, 3.63) is 0 Å². The van der Waals surface area contributed by atoms with Crippen LogP contribution < -0.4 is 5.73 Å². The van der Waals surface area contributed by atoms with Gasteiger partial charge in [-0.25, -0.2) is 0 Å². The Kier molecular flexibility index (Phi) is 10.9. The number of ether oxygens (including phenoxy) is 6. The van der Waals surface area contributed by atoms with Gasteiger partial charge in [-0.1, -0.05) is 0 Å². The van der Waals surface area contributed by atoms with Gasteiger partial charge in [0.1, 0.15) is 24.4 Å². The molecule has 1 rings (SSSR count). The molecule has 9 nitrogen and oxygen atoms in total. The van der Waals surface area contributed by atoms with Crippen molar-refractivity contribution in [1.29, 1.82) is 0 Å². The summed E-state index contributed by atoms with van der Waals surface area (Å²) in [4.78, 5) is 0. The third-order valence-corrected chi connectivity index (χ3v) is 3.49. The molecule has 0 aromatic heterocycles. The Labute approximate surface area is 136 Å². The van der Waals surface area contributed by atoms with Gasteiger partial charge in [0, 0.05) is 20.8 Å². The summed E-state index contributed by atoms with van der Waals surface area (Å²) in [6.07, 6.45) is -3.80. The number of methoxy groups -OCH3 is 2. The standard InChI is InChI=1S/C14H29NO8/c1-18-12-11(17)10(9-16)23-14(13(12)19-2)22-8-7-21-6-5-20-4-3-15/h10-14,16-17H,3-9,15H2,1-2H3/t10?,11-,12?,13?,14+/m1/s1. The average molecular weight is 339 g/mol. The molecule has 0 aromatic rings. The highest BCUT2D eigenvalue weighted by Crippen LogP contribution is 2.25. The number of aliphatic hydroxyl groups excluding tert-OH is 2. The van der Waals surface area contributed by atoms with E-state index in [-0.39, 0.29) is 13.2 Å². The zero-order chi connectivity index (χ0) is 17.1. The summed E-state index contributed by atoms with van der Waals surface area (Å²) < 4.78 is 32.2. The molecule has 0 amide bonds. The Bertz CT molecular complexity index is 296. The fraction of sp³-hybridized carbons (Fsp3) is 1.00. The van der Waals surface area contributed by atoms with Crippen molar-refractivity contribution in [2.24, 2.45) is 5.73 Å². The highest BCUT2D eigenvalue weighted by molar-refractivity contribution is 4.90. The summed E-state index contributed by atoms with van der Waals surface area (Å²) in [5.41, 5.74) is 5.30. The fourth-order valence-electron chi connectivity index (χ4n) is 2.32. The molecule has 1 fully saturated rings. The van der Waals surface area contributed by atoms with Crippen LogP contribution in [0.1, 0.15) is 0 Å². The van der Waals surface area contributed by atoms with E-state index in [9.17, 15) is 10.2 Å². The first kappa shape index (κ1) is 20.7. The molecule has 23 heavy (non-hydrogen) atoms. The minimum atomic E-state index is -0.995. The third-order valence-electron chi connectivity index (χ3n) is 3.49. The molecule has 0 aromatic carbocycles. The summed E-state index contributed by atoms with van der Waals surface area (Å²) >= 11 is 0. The molecule has 9 heteroatoms. The van der Waals surface area contributed by atoms with E-state index in [1.807, 2.05) is 0 Å². The number of aliphatic hydroxyl groups is 2. The van der Waals surface area contributed by atoms with E-state index >= 15 is 0 Å². The SMILES string of the molecule is COC1C(OC)[C@H](O)C(CO)O[C@@H]1OCCOCCOCCN. The van der Waals surface area contributed by atoms with Crippen molar-refractivity contribution in [2.75, 3.05) is 60.4 Å². The van der Waals surface area contributed by atoms with Gasteiger partial charge in [-0.3, -0.25) is 0 Å². The molecular formula is C14H29NO8. The molecule has 138 valence electrons. The first-order valence-corrected chi connectivity index (χ1v) is 7.66. The minimum Gasteiger partial charge on any atom is -0.394 e. The lowest BCUT2D eigenvalue weighted by molar-refractivity contribution is -0.310. The molecule has 4 N–H and O–H groups in total. The van der Waals surface area contributed by atoms with Crippen LogP contribution in [0.2, 0.25) is 0 Å². The van der Waals surface area contributed by atoms with E-state index in [2.05, 4.69) is 0 Å². The molecule has 0 aliphatic carbocycles. The van der Waals surface area contributed by atoms with E-state index in [1.54, 1.807) is 0 Å². The number of hydrogen-bond donors (Lipinski definition) is 3. The molecule has 3 unspecified atom stereocenters. The van der Waals surface area contributed by atoms with E-state index < -0.39 is 30.7 Å². The highest BCUT2D eigenvalue weighted by atomic mass is 16.7. The van der Waals surface area contributed by atoms with Gasteiger partial charge in [0.2, 0.25) is 0 Å². The fourth-order valence-corrected chi connectivity index (χ4v) is 2.32. The second-order valence-corrected chi connectivity index (χ2v) is 5.00. The van der Waals surface area contributed by atoms with Crippen LogP contribution >= 0.6 is 0 Å². The van der Waals surface area contributed by atoms with E-state index in [0.29, 0.717) is 33.0 Å². The van der Waals surface area contributed by atoms with Crippen molar-refractivity contribution >= 4 is 0 Å².